The van der Waals surface area contributed by atoms with Gasteiger partial charge in [-0.15, -0.1) is 0 Å². The largest absolute Gasteiger partial charge is 0.490 e. The van der Waals surface area contributed by atoms with Crippen LogP contribution in [0.5, 0.6) is 23.0 Å². The van der Waals surface area contributed by atoms with Crippen LogP contribution in [-0.2, 0) is 6.61 Å². The Morgan fingerprint density at radius 3 is 0.865 bits per heavy atom. The molecule has 0 saturated heterocycles. The fraction of sp³-hybridized carbons (Fsp3) is 0.468. The van der Waals surface area contributed by atoms with Crippen molar-refractivity contribution < 1.29 is 18.9 Å². The fourth-order valence-electron chi connectivity index (χ4n) is 11.5. The van der Waals surface area contributed by atoms with Crippen LogP contribution in [0.1, 0.15) is 219 Å². The fourth-order valence-corrected chi connectivity index (χ4v) is 11.5. The summed E-state index contributed by atoms with van der Waals surface area (Å²) in [6.07, 6.45) is 45.2. The molecule has 89 heavy (non-hydrogen) atoms. The van der Waals surface area contributed by atoms with E-state index in [-0.39, 0.29) is 6.61 Å². The van der Waals surface area contributed by atoms with E-state index in [0.717, 1.165) is 123 Å². The van der Waals surface area contributed by atoms with Crippen molar-refractivity contribution in [2.75, 3.05) is 19.8 Å². The summed E-state index contributed by atoms with van der Waals surface area (Å²) in [7, 11) is 0. The van der Waals surface area contributed by atoms with Crippen molar-refractivity contribution in [1.29, 1.82) is 0 Å². The lowest BCUT2D eigenvalue weighted by Crippen LogP contribution is -2.08. The Balaban J connectivity index is 1.12. The zero-order chi connectivity index (χ0) is 61.6. The van der Waals surface area contributed by atoms with Crippen LogP contribution in [0.2, 0.25) is 0 Å². The second-order valence-electron chi connectivity index (χ2n) is 24.2. The van der Waals surface area contributed by atoms with Gasteiger partial charge in [-0.25, -0.2) is 9.97 Å². The van der Waals surface area contributed by atoms with Gasteiger partial charge in [-0.05, 0) is 150 Å². The first-order valence-corrected chi connectivity index (χ1v) is 34.6. The third kappa shape index (κ3) is 23.8. The molecule has 0 saturated carbocycles. The van der Waals surface area contributed by atoms with E-state index in [1.54, 1.807) is 24.8 Å². The quantitative estimate of drug-likeness (QED) is 0.0342. The first kappa shape index (κ1) is 67.5. The van der Waals surface area contributed by atoms with Crippen LogP contribution in [0.15, 0.2) is 152 Å². The van der Waals surface area contributed by atoms with Gasteiger partial charge in [0.15, 0.2) is 11.5 Å². The lowest BCUT2D eigenvalue weighted by molar-refractivity contribution is 0.232. The van der Waals surface area contributed by atoms with Gasteiger partial charge in [-0.3, -0.25) is 19.9 Å². The maximum Gasteiger partial charge on any atom is 0.203 e. The highest BCUT2D eigenvalue weighted by Gasteiger charge is 2.20. The summed E-state index contributed by atoms with van der Waals surface area (Å²) in [6, 6.07) is 42.8. The van der Waals surface area contributed by atoms with E-state index in [2.05, 4.69) is 75.4 Å². The Bertz CT molecular complexity index is 2890. The van der Waals surface area contributed by atoms with Crippen molar-refractivity contribution >= 4 is 0 Å². The van der Waals surface area contributed by atoms with Crippen LogP contribution in [0.3, 0.4) is 0 Å². The molecule has 0 unspecified atom stereocenters. The standard InChI is InChI=1S/C79H102N6O4/c1-4-7-10-13-16-19-22-25-28-39-50-86-77-53-63(54-78(87-51-40-29-26-23-20-17-14-11-8-5-2)79(77)88-52-41-30-27-24-21-18-15-12-9-6-3)62-89-68-56-64(66-58-73(69-42-31-35-46-80-69)84-74(59-66)70-43-32-36-47-81-70)55-65(57-68)67-60-75(71-44-33-37-48-82-71)85-76(61-67)72-45-34-38-49-83-72/h31-38,42-49,53-61H,4-30,39-41,50-52,62H2,1-3H3. The van der Waals surface area contributed by atoms with E-state index in [1.807, 2.05) is 72.8 Å². The lowest BCUT2D eigenvalue weighted by Gasteiger charge is -2.20. The van der Waals surface area contributed by atoms with Crippen molar-refractivity contribution in [3.05, 3.63) is 158 Å². The molecule has 8 rings (SSSR count). The molecule has 0 N–H and O–H groups in total. The Morgan fingerprint density at radius 1 is 0.270 bits per heavy atom. The number of aromatic nitrogens is 6. The molecule has 6 aromatic heterocycles. The monoisotopic (exact) mass is 1200 g/mol. The minimum atomic E-state index is 0.258. The van der Waals surface area contributed by atoms with Crippen molar-refractivity contribution in [3.63, 3.8) is 0 Å². The Morgan fingerprint density at radius 2 is 0.562 bits per heavy atom. The van der Waals surface area contributed by atoms with Crippen molar-refractivity contribution in [1.82, 2.24) is 29.9 Å². The van der Waals surface area contributed by atoms with Crippen LogP contribution in [0.25, 0.3) is 67.8 Å². The van der Waals surface area contributed by atoms with E-state index >= 15 is 0 Å². The summed E-state index contributed by atoms with van der Waals surface area (Å²) in [5.74, 6) is 2.85. The first-order chi connectivity index (χ1) is 44.1. The van der Waals surface area contributed by atoms with E-state index in [4.69, 9.17) is 48.9 Å². The van der Waals surface area contributed by atoms with Crippen LogP contribution >= 0.6 is 0 Å². The molecule has 0 aliphatic carbocycles. The Labute approximate surface area is 534 Å². The highest BCUT2D eigenvalue weighted by molar-refractivity contribution is 5.82. The van der Waals surface area contributed by atoms with Gasteiger partial charge in [0, 0.05) is 24.8 Å². The van der Waals surface area contributed by atoms with Gasteiger partial charge in [0.05, 0.1) is 65.4 Å². The normalized spacial score (nSPS) is 11.3. The molecule has 0 aliphatic heterocycles. The molecule has 2 aromatic carbocycles. The third-order valence-electron chi connectivity index (χ3n) is 16.7. The number of ether oxygens (including phenoxy) is 4. The summed E-state index contributed by atoms with van der Waals surface area (Å²) < 4.78 is 27.6. The zero-order valence-corrected chi connectivity index (χ0v) is 54.3. The molecule has 472 valence electrons. The lowest BCUT2D eigenvalue weighted by atomic mass is 9.96. The van der Waals surface area contributed by atoms with Gasteiger partial charge in [0.25, 0.3) is 0 Å². The number of benzene rings is 2. The van der Waals surface area contributed by atoms with Crippen LogP contribution in [-0.4, -0.2) is 49.7 Å². The highest BCUT2D eigenvalue weighted by Crippen LogP contribution is 2.42. The molecule has 6 heterocycles. The summed E-state index contributed by atoms with van der Waals surface area (Å²) in [6.45, 7) is 8.96. The molecule has 0 spiro atoms. The number of hydrogen-bond donors (Lipinski definition) is 0. The maximum atomic E-state index is 7.09. The number of rotatable bonds is 45. The molecule has 10 nitrogen and oxygen atoms in total. The molecule has 0 amide bonds. The van der Waals surface area contributed by atoms with Gasteiger partial charge in [0.2, 0.25) is 5.75 Å². The predicted octanol–water partition coefficient (Wildman–Crippen LogP) is 22.5. The summed E-state index contributed by atoms with van der Waals surface area (Å²) in [5, 5.41) is 0. The summed E-state index contributed by atoms with van der Waals surface area (Å²) in [5.41, 5.74) is 10.7. The molecule has 0 fully saturated rings. The van der Waals surface area contributed by atoms with E-state index < -0.39 is 0 Å². The van der Waals surface area contributed by atoms with Crippen LogP contribution in [0, 0.1) is 0 Å². The van der Waals surface area contributed by atoms with E-state index in [0.29, 0.717) is 31.3 Å². The van der Waals surface area contributed by atoms with Crippen molar-refractivity contribution in [3.8, 4) is 90.8 Å². The van der Waals surface area contributed by atoms with Gasteiger partial charge in [0.1, 0.15) is 12.4 Å². The van der Waals surface area contributed by atoms with Crippen LogP contribution in [0.4, 0.5) is 0 Å². The number of nitrogens with zero attached hydrogens (tertiary/aromatic N) is 6. The predicted molar refractivity (Wildman–Crippen MR) is 369 cm³/mol. The molecular weight excluding hydrogens is 1100 g/mol. The van der Waals surface area contributed by atoms with Gasteiger partial charge in [-0.2, -0.15) is 0 Å². The van der Waals surface area contributed by atoms with Gasteiger partial charge >= 0.3 is 0 Å². The smallest absolute Gasteiger partial charge is 0.203 e. The maximum absolute atomic E-state index is 7.09. The number of pyridine rings is 6. The summed E-state index contributed by atoms with van der Waals surface area (Å²) >= 11 is 0. The van der Waals surface area contributed by atoms with Crippen molar-refractivity contribution in [2.24, 2.45) is 0 Å². The average molecular weight is 1200 g/mol. The molecule has 0 aliphatic rings. The Hall–Kier alpha value is -7.46. The molecular formula is C79H102N6O4. The molecule has 0 bridgehead atoms. The van der Waals surface area contributed by atoms with Crippen LogP contribution < -0.4 is 18.9 Å². The average Bonchev–Trinajstić information content (AvgIpc) is 1.20. The molecule has 0 atom stereocenters. The highest BCUT2D eigenvalue weighted by atomic mass is 16.5. The van der Waals surface area contributed by atoms with Crippen molar-refractivity contribution in [2.45, 2.75) is 220 Å². The number of unbranched alkanes of at least 4 members (excludes halogenated alkanes) is 27. The minimum Gasteiger partial charge on any atom is -0.490 e. The Kier molecular flexibility index (Phi) is 30.5. The minimum absolute atomic E-state index is 0.258. The first-order valence-electron chi connectivity index (χ1n) is 34.6. The van der Waals surface area contributed by atoms with E-state index in [1.165, 1.54) is 154 Å². The topological polar surface area (TPSA) is 114 Å². The summed E-state index contributed by atoms with van der Waals surface area (Å²) in [4.78, 5) is 29.3. The zero-order valence-electron chi connectivity index (χ0n) is 54.3. The van der Waals surface area contributed by atoms with E-state index in [9.17, 15) is 0 Å². The molecule has 10 heteroatoms. The second kappa shape index (κ2) is 40.2. The molecule has 8 aromatic rings. The molecule has 0 radical (unpaired) electrons. The van der Waals surface area contributed by atoms with Gasteiger partial charge in [-0.1, -0.05) is 218 Å². The SMILES string of the molecule is CCCCCCCCCCCCOc1cc(COc2cc(-c3cc(-c4ccccn4)nc(-c4ccccn4)c3)cc(-c3cc(-c4ccccn4)nc(-c4ccccn4)c3)c2)cc(OCCCCCCCCCCCC)c1OCCCCCCCCCCCC. The van der Waals surface area contributed by atoms with Gasteiger partial charge < -0.3 is 18.9 Å². The number of hydrogen-bond acceptors (Lipinski definition) is 10. The third-order valence-corrected chi connectivity index (χ3v) is 16.7. The second-order valence-corrected chi connectivity index (χ2v) is 24.2.